The number of aromatic carboxylic acids is 1. The first-order valence-corrected chi connectivity index (χ1v) is 14.9. The second-order valence-electron chi connectivity index (χ2n) is 10.5. The molecule has 4 aromatic carbocycles. The number of hydrogen-bond acceptors (Lipinski definition) is 5. The van der Waals surface area contributed by atoms with Gasteiger partial charge < -0.3 is 25.2 Å². The van der Waals surface area contributed by atoms with E-state index in [4.69, 9.17) is 32.7 Å². The van der Waals surface area contributed by atoms with Crippen molar-refractivity contribution in [1.82, 2.24) is 5.32 Å². The van der Waals surface area contributed by atoms with E-state index in [2.05, 4.69) is 10.6 Å². The second kappa shape index (κ2) is 14.3. The number of amides is 2. The average Bonchev–Trinajstić information content (AvgIpc) is 3.01. The molecule has 0 radical (unpaired) electrons. The number of hydrogen-bond donors (Lipinski definition) is 3. The van der Waals surface area contributed by atoms with Crippen LogP contribution in [0.2, 0.25) is 10.0 Å². The Labute approximate surface area is 264 Å². The highest BCUT2D eigenvalue weighted by Gasteiger charge is 2.24. The fourth-order valence-corrected chi connectivity index (χ4v) is 5.28. The Morgan fingerprint density at radius 3 is 2.07 bits per heavy atom. The smallest absolute Gasteiger partial charge is 0.337 e. The van der Waals surface area contributed by atoms with Crippen molar-refractivity contribution in [2.24, 2.45) is 0 Å². The summed E-state index contributed by atoms with van der Waals surface area (Å²) in [5.74, 6) is 0.412. The third-order valence-corrected chi connectivity index (χ3v) is 8.01. The zero-order valence-corrected chi connectivity index (χ0v) is 25.1. The molecule has 0 spiro atoms. The molecule has 0 atom stereocenters. The summed E-state index contributed by atoms with van der Waals surface area (Å²) in [5.41, 5.74) is 1.54. The average molecular weight is 634 g/mol. The van der Waals surface area contributed by atoms with Gasteiger partial charge in [0.05, 0.1) is 33.8 Å². The lowest BCUT2D eigenvalue weighted by atomic mass is 9.92. The number of carbonyl (C=O) groups is 3. The number of benzene rings is 4. The molecule has 0 unspecified atom stereocenters. The van der Waals surface area contributed by atoms with Crippen molar-refractivity contribution in [2.75, 3.05) is 5.32 Å². The van der Waals surface area contributed by atoms with Crippen LogP contribution >= 0.6 is 23.2 Å². The van der Waals surface area contributed by atoms with Crippen LogP contribution in [0.25, 0.3) is 0 Å². The Kier molecular flexibility index (Phi) is 10.0. The molecule has 2 amide bonds. The number of halogens is 2. The van der Waals surface area contributed by atoms with Crippen LogP contribution < -0.4 is 20.1 Å². The predicted octanol–water partition coefficient (Wildman–Crippen LogP) is 7.79. The number of carboxylic acids is 1. The molecular weight excluding hydrogens is 603 g/mol. The number of ether oxygens (including phenoxy) is 2. The number of carboxylic acid groups (broad SMARTS) is 1. The van der Waals surface area contributed by atoms with Gasteiger partial charge in [0.1, 0.15) is 17.2 Å². The van der Waals surface area contributed by atoms with E-state index >= 15 is 0 Å². The molecule has 1 saturated carbocycles. The lowest BCUT2D eigenvalue weighted by molar-refractivity contribution is -0.115. The van der Waals surface area contributed by atoms with E-state index in [1.807, 2.05) is 24.3 Å². The summed E-state index contributed by atoms with van der Waals surface area (Å²) in [5, 5.41) is 15.8. The topological polar surface area (TPSA) is 114 Å². The number of carbonyl (C=O) groups excluding carboxylic acids is 2. The summed E-state index contributed by atoms with van der Waals surface area (Å²) in [6.45, 7) is 0. The lowest BCUT2D eigenvalue weighted by Crippen LogP contribution is -2.39. The zero-order chi connectivity index (χ0) is 31.1. The summed E-state index contributed by atoms with van der Waals surface area (Å²) < 4.78 is 12.1. The summed E-state index contributed by atoms with van der Waals surface area (Å²) in [7, 11) is 0. The molecule has 0 aliphatic heterocycles. The van der Waals surface area contributed by atoms with Crippen LogP contribution in [0.4, 0.5) is 5.69 Å². The fourth-order valence-electron chi connectivity index (χ4n) is 4.98. The molecule has 4 aromatic rings. The molecule has 5 rings (SSSR count). The van der Waals surface area contributed by atoms with Gasteiger partial charge in [-0.25, -0.2) is 4.79 Å². The van der Waals surface area contributed by atoms with Gasteiger partial charge in [-0.05, 0) is 98.0 Å². The van der Waals surface area contributed by atoms with Crippen molar-refractivity contribution < 1.29 is 29.0 Å². The maximum Gasteiger partial charge on any atom is 0.337 e. The van der Waals surface area contributed by atoms with E-state index < -0.39 is 5.97 Å². The second-order valence-corrected chi connectivity index (χ2v) is 11.3. The summed E-state index contributed by atoms with van der Waals surface area (Å²) in [6.07, 6.45) is 3.41. The van der Waals surface area contributed by atoms with Crippen molar-refractivity contribution >= 4 is 46.7 Å². The molecule has 8 nitrogen and oxygen atoms in total. The summed E-state index contributed by atoms with van der Waals surface area (Å²) in [6, 6.07) is 25.7. The third kappa shape index (κ3) is 8.30. The maximum atomic E-state index is 12.6. The fraction of sp³-hybridized carbons (Fsp3) is 0.206. The minimum atomic E-state index is -1.10. The lowest BCUT2D eigenvalue weighted by Gasteiger charge is -2.29. The minimum absolute atomic E-state index is 0.0380. The number of nitrogens with one attached hydrogen (secondary N) is 2. The highest BCUT2D eigenvalue weighted by molar-refractivity contribution is 6.42. The highest BCUT2D eigenvalue weighted by Crippen LogP contribution is 2.28. The monoisotopic (exact) mass is 632 g/mol. The molecule has 3 N–H and O–H groups in total. The standard InChI is InChI=1S/C34H30Cl2N2O6/c35-29-18-7-22(20-30(29)36)33(40)37-23-8-12-25(13-9-23)44-27-16-14-26(15-17-27)43-24-10-5-21(6-11-24)19-32(39)38-31-4-2-1-3-28(31)34(41)42/h1-7,10-11,14-18,20,23,25H,8-9,12-13,19H2,(H,37,40)(H,38,39)(H,41,42). The van der Waals surface area contributed by atoms with Gasteiger partial charge in [0.2, 0.25) is 5.91 Å². The van der Waals surface area contributed by atoms with Gasteiger partial charge in [0, 0.05) is 11.6 Å². The molecule has 44 heavy (non-hydrogen) atoms. The highest BCUT2D eigenvalue weighted by atomic mass is 35.5. The first-order chi connectivity index (χ1) is 21.2. The van der Waals surface area contributed by atoms with Gasteiger partial charge in [-0.15, -0.1) is 0 Å². The molecular formula is C34H30Cl2N2O6. The van der Waals surface area contributed by atoms with Crippen molar-refractivity contribution in [3.05, 3.63) is 118 Å². The van der Waals surface area contributed by atoms with Crippen molar-refractivity contribution in [2.45, 2.75) is 44.2 Å². The van der Waals surface area contributed by atoms with E-state index in [0.29, 0.717) is 27.1 Å². The molecule has 0 saturated heterocycles. The third-order valence-electron chi connectivity index (χ3n) is 7.27. The van der Waals surface area contributed by atoms with E-state index in [1.54, 1.807) is 60.7 Å². The summed E-state index contributed by atoms with van der Waals surface area (Å²) in [4.78, 5) is 36.4. The number of para-hydroxylation sites is 1. The van der Waals surface area contributed by atoms with Gasteiger partial charge >= 0.3 is 5.97 Å². The van der Waals surface area contributed by atoms with Crippen molar-refractivity contribution in [3.63, 3.8) is 0 Å². The molecule has 1 aliphatic rings. The van der Waals surface area contributed by atoms with Gasteiger partial charge in [-0.3, -0.25) is 9.59 Å². The minimum Gasteiger partial charge on any atom is -0.490 e. The maximum absolute atomic E-state index is 12.6. The number of anilines is 1. The number of rotatable bonds is 10. The van der Waals surface area contributed by atoms with E-state index in [0.717, 1.165) is 37.0 Å². The summed E-state index contributed by atoms with van der Waals surface area (Å²) >= 11 is 12.0. The van der Waals surface area contributed by atoms with E-state index in [-0.39, 0.29) is 41.6 Å². The molecule has 226 valence electrons. The Morgan fingerprint density at radius 2 is 1.41 bits per heavy atom. The van der Waals surface area contributed by atoms with Gasteiger partial charge in [-0.2, -0.15) is 0 Å². The van der Waals surface area contributed by atoms with Gasteiger partial charge in [-0.1, -0.05) is 47.5 Å². The Balaban J connectivity index is 1.06. The van der Waals surface area contributed by atoms with Crippen LogP contribution in [-0.2, 0) is 11.2 Å². The Bertz CT molecular complexity index is 1630. The molecule has 1 fully saturated rings. The van der Waals surface area contributed by atoms with E-state index in [1.165, 1.54) is 6.07 Å². The quantitative estimate of drug-likeness (QED) is 0.164. The van der Waals surface area contributed by atoms with Crippen LogP contribution in [0.5, 0.6) is 17.2 Å². The SMILES string of the molecule is O=C(Cc1ccc(Oc2ccc(OC3CCC(NC(=O)c4ccc(Cl)c(Cl)c4)CC3)cc2)cc1)Nc1ccccc1C(=O)O. The molecule has 10 heteroatoms. The molecule has 0 bridgehead atoms. The van der Waals surface area contributed by atoms with Crippen molar-refractivity contribution in [3.8, 4) is 17.2 Å². The van der Waals surface area contributed by atoms with Crippen LogP contribution in [-0.4, -0.2) is 35.0 Å². The Morgan fingerprint density at radius 1 is 0.773 bits per heavy atom. The first kappa shape index (κ1) is 30.9. The van der Waals surface area contributed by atoms with Gasteiger partial charge in [0.15, 0.2) is 0 Å². The van der Waals surface area contributed by atoms with Crippen LogP contribution in [0.1, 0.15) is 52.0 Å². The van der Waals surface area contributed by atoms with E-state index in [9.17, 15) is 19.5 Å². The Hall–Kier alpha value is -4.53. The normalized spacial score (nSPS) is 16.0. The van der Waals surface area contributed by atoms with Gasteiger partial charge in [0.25, 0.3) is 5.91 Å². The first-order valence-electron chi connectivity index (χ1n) is 14.1. The molecule has 0 heterocycles. The molecule has 0 aromatic heterocycles. The van der Waals surface area contributed by atoms with Crippen LogP contribution in [0, 0.1) is 0 Å². The van der Waals surface area contributed by atoms with Crippen LogP contribution in [0.3, 0.4) is 0 Å². The predicted molar refractivity (Wildman–Crippen MR) is 169 cm³/mol. The zero-order valence-electron chi connectivity index (χ0n) is 23.6. The largest absolute Gasteiger partial charge is 0.490 e. The van der Waals surface area contributed by atoms with Crippen molar-refractivity contribution in [1.29, 1.82) is 0 Å². The van der Waals surface area contributed by atoms with Crippen LogP contribution in [0.15, 0.2) is 91.0 Å². The molecule has 1 aliphatic carbocycles.